The molecule has 1 amide bonds. The highest BCUT2D eigenvalue weighted by Gasteiger charge is 2.11. The molecule has 3 N–H and O–H groups in total. The summed E-state index contributed by atoms with van der Waals surface area (Å²) in [5, 5.41) is 2.93. The molecule has 0 fully saturated rings. The van der Waals surface area contributed by atoms with E-state index in [1.807, 2.05) is 42.5 Å². The molecule has 0 saturated heterocycles. The van der Waals surface area contributed by atoms with Crippen LogP contribution < -0.4 is 11.1 Å². The van der Waals surface area contributed by atoms with Crippen LogP contribution in [0.1, 0.15) is 5.56 Å². The van der Waals surface area contributed by atoms with Crippen LogP contribution >= 0.6 is 15.9 Å². The van der Waals surface area contributed by atoms with E-state index in [9.17, 15) is 4.79 Å². The monoisotopic (exact) mass is 375 g/mol. The maximum absolute atomic E-state index is 12.2. The van der Waals surface area contributed by atoms with Gasteiger partial charge in [-0.1, -0.05) is 42.5 Å². The van der Waals surface area contributed by atoms with Gasteiger partial charge in [0.15, 0.2) is 0 Å². The third-order valence-electron chi connectivity index (χ3n) is 3.52. The van der Waals surface area contributed by atoms with Gasteiger partial charge in [-0.05, 0) is 40.0 Å². The molecule has 2 aromatic rings. The summed E-state index contributed by atoms with van der Waals surface area (Å²) >= 11 is 3.43. The normalized spacial score (nSPS) is 10.7. The molecule has 0 aliphatic carbocycles. The Morgan fingerprint density at radius 2 is 1.74 bits per heavy atom. The molecule has 2 aromatic carbocycles. The van der Waals surface area contributed by atoms with Gasteiger partial charge in [-0.3, -0.25) is 9.69 Å². The minimum absolute atomic E-state index is 0.0292. The highest BCUT2D eigenvalue weighted by atomic mass is 79.9. The van der Waals surface area contributed by atoms with E-state index in [0.29, 0.717) is 19.6 Å². The summed E-state index contributed by atoms with van der Waals surface area (Å²) in [7, 11) is 0. The Kier molecular flexibility index (Phi) is 7.26. The second kappa shape index (κ2) is 9.45. The van der Waals surface area contributed by atoms with Gasteiger partial charge in [-0.2, -0.15) is 0 Å². The average Bonchev–Trinajstić information content (AvgIpc) is 2.56. The average molecular weight is 376 g/mol. The van der Waals surface area contributed by atoms with Gasteiger partial charge >= 0.3 is 0 Å². The lowest BCUT2D eigenvalue weighted by Crippen LogP contribution is -2.38. The fourth-order valence-electron chi connectivity index (χ4n) is 2.34. The molecule has 0 aliphatic rings. The SMILES string of the molecule is NCCN(CCc1ccccc1)CC(=O)Nc1ccccc1Br. The van der Waals surface area contributed by atoms with E-state index in [2.05, 4.69) is 38.3 Å². The molecular weight excluding hydrogens is 354 g/mol. The first kappa shape index (κ1) is 17.7. The van der Waals surface area contributed by atoms with Gasteiger partial charge in [0.25, 0.3) is 0 Å². The summed E-state index contributed by atoms with van der Waals surface area (Å²) < 4.78 is 0.878. The molecule has 4 nitrogen and oxygen atoms in total. The molecule has 0 saturated carbocycles. The van der Waals surface area contributed by atoms with Crippen LogP contribution in [0.15, 0.2) is 59.1 Å². The molecule has 0 aromatic heterocycles. The lowest BCUT2D eigenvalue weighted by Gasteiger charge is -2.21. The van der Waals surface area contributed by atoms with Gasteiger partial charge < -0.3 is 11.1 Å². The summed E-state index contributed by atoms with van der Waals surface area (Å²) in [6.07, 6.45) is 0.906. The van der Waals surface area contributed by atoms with E-state index < -0.39 is 0 Å². The van der Waals surface area contributed by atoms with Gasteiger partial charge in [0.05, 0.1) is 12.2 Å². The quantitative estimate of drug-likeness (QED) is 0.745. The minimum Gasteiger partial charge on any atom is -0.329 e. The van der Waals surface area contributed by atoms with Crippen LogP contribution in [0.25, 0.3) is 0 Å². The van der Waals surface area contributed by atoms with Crippen LogP contribution in [0.4, 0.5) is 5.69 Å². The van der Waals surface area contributed by atoms with Crippen LogP contribution in [0.5, 0.6) is 0 Å². The summed E-state index contributed by atoms with van der Waals surface area (Å²) in [4.78, 5) is 14.3. The number of carbonyl (C=O) groups is 1. The smallest absolute Gasteiger partial charge is 0.238 e. The molecule has 0 radical (unpaired) electrons. The third kappa shape index (κ3) is 6.14. The van der Waals surface area contributed by atoms with Crippen molar-refractivity contribution in [1.82, 2.24) is 4.90 Å². The van der Waals surface area contributed by atoms with Gasteiger partial charge in [0.2, 0.25) is 5.91 Å². The third-order valence-corrected chi connectivity index (χ3v) is 4.21. The fraction of sp³-hybridized carbons (Fsp3) is 0.278. The summed E-state index contributed by atoms with van der Waals surface area (Å²) in [5.41, 5.74) is 7.72. The molecule has 0 bridgehead atoms. The van der Waals surface area contributed by atoms with Crippen molar-refractivity contribution in [2.24, 2.45) is 5.73 Å². The zero-order valence-electron chi connectivity index (χ0n) is 13.0. The molecule has 2 rings (SSSR count). The van der Waals surface area contributed by atoms with E-state index in [0.717, 1.165) is 23.1 Å². The van der Waals surface area contributed by atoms with Crippen molar-refractivity contribution in [3.8, 4) is 0 Å². The topological polar surface area (TPSA) is 58.4 Å². The van der Waals surface area contributed by atoms with Crippen molar-refractivity contribution < 1.29 is 4.79 Å². The number of anilines is 1. The van der Waals surface area contributed by atoms with E-state index >= 15 is 0 Å². The number of hydrogen-bond acceptors (Lipinski definition) is 3. The van der Waals surface area contributed by atoms with Gasteiger partial charge in [-0.15, -0.1) is 0 Å². The number of benzene rings is 2. The van der Waals surface area contributed by atoms with Crippen molar-refractivity contribution in [3.63, 3.8) is 0 Å². The molecule has 0 atom stereocenters. The van der Waals surface area contributed by atoms with Gasteiger partial charge in [0.1, 0.15) is 0 Å². The number of nitrogens with two attached hydrogens (primary N) is 1. The Labute approximate surface area is 145 Å². The minimum atomic E-state index is -0.0292. The number of hydrogen-bond donors (Lipinski definition) is 2. The Bertz CT molecular complexity index is 619. The first-order valence-electron chi connectivity index (χ1n) is 7.70. The fourth-order valence-corrected chi connectivity index (χ4v) is 2.72. The van der Waals surface area contributed by atoms with Crippen LogP contribution in [-0.4, -0.2) is 37.0 Å². The lowest BCUT2D eigenvalue weighted by molar-refractivity contribution is -0.117. The highest BCUT2D eigenvalue weighted by Crippen LogP contribution is 2.20. The second-order valence-corrected chi connectivity index (χ2v) is 6.18. The van der Waals surface area contributed by atoms with Crippen LogP contribution in [0.2, 0.25) is 0 Å². The molecule has 0 unspecified atom stereocenters. The van der Waals surface area contributed by atoms with Crippen molar-refractivity contribution >= 4 is 27.5 Å². The van der Waals surface area contributed by atoms with Gasteiger partial charge in [-0.25, -0.2) is 0 Å². The number of halogens is 1. The number of nitrogens with zero attached hydrogens (tertiary/aromatic N) is 1. The predicted molar refractivity (Wildman–Crippen MR) is 98.4 cm³/mol. The molecular formula is C18H22BrN3O. The maximum Gasteiger partial charge on any atom is 0.238 e. The summed E-state index contributed by atoms with van der Waals surface area (Å²) in [5.74, 6) is -0.0292. The molecule has 0 spiro atoms. The summed E-state index contributed by atoms with van der Waals surface area (Å²) in [6.45, 7) is 2.39. The molecule has 122 valence electrons. The Hall–Kier alpha value is -1.69. The summed E-state index contributed by atoms with van der Waals surface area (Å²) in [6, 6.07) is 17.9. The highest BCUT2D eigenvalue weighted by molar-refractivity contribution is 9.10. The first-order valence-corrected chi connectivity index (χ1v) is 8.49. The van der Waals surface area contributed by atoms with Crippen molar-refractivity contribution in [3.05, 3.63) is 64.6 Å². The lowest BCUT2D eigenvalue weighted by atomic mass is 10.1. The Morgan fingerprint density at radius 1 is 1.04 bits per heavy atom. The van der Waals surface area contributed by atoms with Crippen molar-refractivity contribution in [2.45, 2.75) is 6.42 Å². The van der Waals surface area contributed by atoms with E-state index in [1.54, 1.807) is 0 Å². The predicted octanol–water partition coefficient (Wildman–Crippen LogP) is 2.89. The van der Waals surface area contributed by atoms with Crippen molar-refractivity contribution in [1.29, 1.82) is 0 Å². The molecule has 0 aliphatic heterocycles. The number of para-hydroxylation sites is 1. The van der Waals surface area contributed by atoms with Crippen LogP contribution in [-0.2, 0) is 11.2 Å². The largest absolute Gasteiger partial charge is 0.329 e. The zero-order chi connectivity index (χ0) is 16.5. The Morgan fingerprint density at radius 3 is 2.43 bits per heavy atom. The Balaban J connectivity index is 1.88. The van der Waals surface area contributed by atoms with E-state index in [4.69, 9.17) is 5.73 Å². The first-order chi connectivity index (χ1) is 11.2. The standard InChI is InChI=1S/C18H22BrN3O/c19-16-8-4-5-9-17(16)21-18(23)14-22(13-11-20)12-10-15-6-2-1-3-7-15/h1-9H,10-14,20H2,(H,21,23). The van der Waals surface area contributed by atoms with Gasteiger partial charge in [0, 0.05) is 24.1 Å². The number of amides is 1. The second-order valence-electron chi connectivity index (χ2n) is 5.33. The van der Waals surface area contributed by atoms with E-state index in [1.165, 1.54) is 5.56 Å². The number of carbonyl (C=O) groups excluding carboxylic acids is 1. The zero-order valence-corrected chi connectivity index (χ0v) is 14.6. The van der Waals surface area contributed by atoms with E-state index in [-0.39, 0.29) is 5.91 Å². The van der Waals surface area contributed by atoms with Crippen LogP contribution in [0.3, 0.4) is 0 Å². The molecule has 5 heteroatoms. The van der Waals surface area contributed by atoms with Crippen LogP contribution in [0, 0.1) is 0 Å². The molecule has 0 heterocycles. The molecule has 23 heavy (non-hydrogen) atoms. The number of nitrogens with one attached hydrogen (secondary N) is 1. The maximum atomic E-state index is 12.2. The number of rotatable bonds is 8. The van der Waals surface area contributed by atoms with Crippen molar-refractivity contribution in [2.75, 3.05) is 31.5 Å².